The lowest BCUT2D eigenvalue weighted by molar-refractivity contribution is 0.200. The van der Waals surface area contributed by atoms with Crippen molar-refractivity contribution >= 4 is 11.8 Å². The Morgan fingerprint density at radius 3 is 3.00 bits per heavy atom. The van der Waals surface area contributed by atoms with Gasteiger partial charge in [0.1, 0.15) is 0 Å². The molecule has 0 aromatic heterocycles. The van der Waals surface area contributed by atoms with Crippen LogP contribution in [0.5, 0.6) is 0 Å². The predicted molar refractivity (Wildman–Crippen MR) is 56.9 cm³/mol. The Labute approximate surface area is 79.8 Å². The molecule has 72 valence electrons. The van der Waals surface area contributed by atoms with Gasteiger partial charge in [0.05, 0.1) is 0 Å². The van der Waals surface area contributed by atoms with Gasteiger partial charge in [0.2, 0.25) is 0 Å². The second-order valence-electron chi connectivity index (χ2n) is 2.45. The SMILES string of the molecule is C=CCNCCSCCCOC. The molecule has 0 atom stereocenters. The molecule has 12 heavy (non-hydrogen) atoms. The Balaban J connectivity index is 2.77. The van der Waals surface area contributed by atoms with Crippen molar-refractivity contribution in [1.29, 1.82) is 0 Å². The van der Waals surface area contributed by atoms with Gasteiger partial charge in [-0.15, -0.1) is 6.58 Å². The summed E-state index contributed by atoms with van der Waals surface area (Å²) in [5.74, 6) is 2.38. The lowest BCUT2D eigenvalue weighted by Gasteiger charge is -2.01. The zero-order valence-electron chi connectivity index (χ0n) is 7.84. The van der Waals surface area contributed by atoms with E-state index in [-0.39, 0.29) is 0 Å². The first-order valence-electron chi connectivity index (χ1n) is 4.30. The molecule has 1 N–H and O–H groups in total. The van der Waals surface area contributed by atoms with Crippen molar-refractivity contribution in [3.05, 3.63) is 12.7 Å². The van der Waals surface area contributed by atoms with Crippen LogP contribution >= 0.6 is 11.8 Å². The van der Waals surface area contributed by atoms with E-state index in [1.807, 2.05) is 17.8 Å². The van der Waals surface area contributed by atoms with Crippen LogP contribution in [0.4, 0.5) is 0 Å². The number of hydrogen-bond acceptors (Lipinski definition) is 3. The molecule has 0 amide bonds. The minimum atomic E-state index is 0.882. The number of methoxy groups -OCH3 is 1. The van der Waals surface area contributed by atoms with Crippen LogP contribution in [0.2, 0.25) is 0 Å². The monoisotopic (exact) mass is 189 g/mol. The maximum atomic E-state index is 4.94. The van der Waals surface area contributed by atoms with Gasteiger partial charge in [-0.25, -0.2) is 0 Å². The van der Waals surface area contributed by atoms with Crippen LogP contribution in [0.3, 0.4) is 0 Å². The molecule has 2 nitrogen and oxygen atoms in total. The van der Waals surface area contributed by atoms with Gasteiger partial charge in [0, 0.05) is 32.6 Å². The lowest BCUT2D eigenvalue weighted by atomic mass is 10.5. The fourth-order valence-electron chi connectivity index (χ4n) is 0.756. The van der Waals surface area contributed by atoms with Gasteiger partial charge >= 0.3 is 0 Å². The smallest absolute Gasteiger partial charge is 0.0470 e. The van der Waals surface area contributed by atoms with Gasteiger partial charge in [-0.05, 0) is 12.2 Å². The highest BCUT2D eigenvalue weighted by molar-refractivity contribution is 7.99. The molecular weight excluding hydrogens is 170 g/mol. The van der Waals surface area contributed by atoms with Crippen LogP contribution in [0.1, 0.15) is 6.42 Å². The van der Waals surface area contributed by atoms with Crippen molar-refractivity contribution < 1.29 is 4.74 Å². The van der Waals surface area contributed by atoms with Crippen molar-refractivity contribution in [1.82, 2.24) is 5.32 Å². The Bertz CT molecular complexity index is 98.5. The maximum absolute atomic E-state index is 4.94. The molecule has 0 unspecified atom stereocenters. The van der Waals surface area contributed by atoms with E-state index >= 15 is 0 Å². The maximum Gasteiger partial charge on any atom is 0.0470 e. The quantitative estimate of drug-likeness (QED) is 0.439. The van der Waals surface area contributed by atoms with Crippen LogP contribution in [-0.2, 0) is 4.74 Å². The lowest BCUT2D eigenvalue weighted by Crippen LogP contribution is -2.16. The van der Waals surface area contributed by atoms with E-state index in [1.54, 1.807) is 7.11 Å². The van der Waals surface area contributed by atoms with Gasteiger partial charge in [0.15, 0.2) is 0 Å². The average molecular weight is 189 g/mol. The highest BCUT2D eigenvalue weighted by Gasteiger charge is 1.88. The first-order chi connectivity index (χ1) is 5.91. The average Bonchev–Trinajstić information content (AvgIpc) is 2.10. The number of ether oxygens (including phenoxy) is 1. The molecule has 0 saturated heterocycles. The van der Waals surface area contributed by atoms with E-state index in [0.717, 1.165) is 26.1 Å². The van der Waals surface area contributed by atoms with Gasteiger partial charge in [0.25, 0.3) is 0 Å². The van der Waals surface area contributed by atoms with E-state index in [2.05, 4.69) is 11.9 Å². The van der Waals surface area contributed by atoms with E-state index in [9.17, 15) is 0 Å². The topological polar surface area (TPSA) is 21.3 Å². The number of thioether (sulfide) groups is 1. The fourth-order valence-corrected chi connectivity index (χ4v) is 1.57. The van der Waals surface area contributed by atoms with Crippen molar-refractivity contribution in [2.24, 2.45) is 0 Å². The summed E-state index contributed by atoms with van der Waals surface area (Å²) in [6, 6.07) is 0. The molecule has 0 saturated carbocycles. The molecule has 0 fully saturated rings. The zero-order valence-corrected chi connectivity index (χ0v) is 8.66. The summed E-state index contributed by atoms with van der Waals surface area (Å²) in [7, 11) is 1.75. The minimum Gasteiger partial charge on any atom is -0.385 e. The molecule has 0 heterocycles. The van der Waals surface area contributed by atoms with Gasteiger partial charge < -0.3 is 10.1 Å². The molecular formula is C9H19NOS. The van der Waals surface area contributed by atoms with Gasteiger partial charge in [-0.1, -0.05) is 6.08 Å². The van der Waals surface area contributed by atoms with Crippen LogP contribution < -0.4 is 5.32 Å². The van der Waals surface area contributed by atoms with Gasteiger partial charge in [-0.2, -0.15) is 11.8 Å². The van der Waals surface area contributed by atoms with Crippen molar-refractivity contribution in [2.45, 2.75) is 6.42 Å². The van der Waals surface area contributed by atoms with Crippen LogP contribution in [-0.4, -0.2) is 38.3 Å². The third kappa shape index (κ3) is 10.0. The van der Waals surface area contributed by atoms with Crippen molar-refractivity contribution in [2.75, 3.05) is 38.3 Å². The van der Waals surface area contributed by atoms with E-state index in [4.69, 9.17) is 4.74 Å². The molecule has 0 rings (SSSR count). The first kappa shape index (κ1) is 12.0. The molecule has 0 spiro atoms. The molecule has 0 aliphatic carbocycles. The molecule has 3 heteroatoms. The number of nitrogens with one attached hydrogen (secondary N) is 1. The second-order valence-corrected chi connectivity index (χ2v) is 3.68. The Morgan fingerprint density at radius 1 is 1.50 bits per heavy atom. The predicted octanol–water partition coefficient (Wildman–Crippen LogP) is 1.53. The fraction of sp³-hybridized carbons (Fsp3) is 0.778. The van der Waals surface area contributed by atoms with E-state index in [1.165, 1.54) is 11.5 Å². The van der Waals surface area contributed by atoms with E-state index in [0.29, 0.717) is 0 Å². The van der Waals surface area contributed by atoms with Crippen LogP contribution in [0.25, 0.3) is 0 Å². The number of rotatable bonds is 9. The third-order valence-corrected chi connectivity index (χ3v) is 2.42. The standard InChI is InChI=1S/C9H19NOS/c1-3-5-10-6-9-12-8-4-7-11-2/h3,10H,1,4-9H2,2H3. The zero-order chi connectivity index (χ0) is 9.07. The molecule has 0 aliphatic rings. The summed E-state index contributed by atoms with van der Waals surface area (Å²) < 4.78 is 4.94. The highest BCUT2D eigenvalue weighted by Crippen LogP contribution is 2.00. The molecule has 0 radical (unpaired) electrons. The normalized spacial score (nSPS) is 10.1. The largest absolute Gasteiger partial charge is 0.385 e. The van der Waals surface area contributed by atoms with Gasteiger partial charge in [-0.3, -0.25) is 0 Å². The van der Waals surface area contributed by atoms with E-state index < -0.39 is 0 Å². The van der Waals surface area contributed by atoms with Crippen LogP contribution in [0, 0.1) is 0 Å². The first-order valence-corrected chi connectivity index (χ1v) is 5.45. The summed E-state index contributed by atoms with van der Waals surface area (Å²) in [6.07, 6.45) is 3.04. The molecule has 0 aromatic rings. The highest BCUT2D eigenvalue weighted by atomic mass is 32.2. The van der Waals surface area contributed by atoms with Crippen molar-refractivity contribution in [3.8, 4) is 0 Å². The number of hydrogen-bond donors (Lipinski definition) is 1. The second kappa shape index (κ2) is 11.0. The molecule has 0 aromatic carbocycles. The molecule has 0 aliphatic heterocycles. The Hall–Kier alpha value is 0.01000. The Morgan fingerprint density at radius 2 is 2.33 bits per heavy atom. The summed E-state index contributed by atoms with van der Waals surface area (Å²) in [5, 5.41) is 3.26. The summed E-state index contributed by atoms with van der Waals surface area (Å²) in [5.41, 5.74) is 0. The van der Waals surface area contributed by atoms with Crippen molar-refractivity contribution in [3.63, 3.8) is 0 Å². The summed E-state index contributed by atoms with van der Waals surface area (Å²) >= 11 is 1.97. The van der Waals surface area contributed by atoms with Crippen LogP contribution in [0.15, 0.2) is 12.7 Å². The third-order valence-electron chi connectivity index (χ3n) is 1.35. The Kier molecular flexibility index (Phi) is 11.0. The summed E-state index contributed by atoms with van der Waals surface area (Å²) in [4.78, 5) is 0. The summed E-state index contributed by atoms with van der Waals surface area (Å²) in [6.45, 7) is 6.50. The molecule has 0 bridgehead atoms. The minimum absolute atomic E-state index is 0.882.